The van der Waals surface area contributed by atoms with Crippen LogP contribution in [-0.4, -0.2) is 36.0 Å². The molecular formula is C13H20N2O2. The van der Waals surface area contributed by atoms with E-state index >= 15 is 0 Å². The molecule has 0 aromatic carbocycles. The molecule has 0 N–H and O–H groups in total. The second-order valence-corrected chi connectivity index (χ2v) is 3.88. The smallest absolute Gasteiger partial charge is 0.255 e. The summed E-state index contributed by atoms with van der Waals surface area (Å²) in [6.45, 7) is 5.72. The van der Waals surface area contributed by atoms with Crippen molar-refractivity contribution in [3.05, 3.63) is 23.9 Å². The first kappa shape index (κ1) is 13.5. The van der Waals surface area contributed by atoms with E-state index < -0.39 is 0 Å². The van der Waals surface area contributed by atoms with Crippen molar-refractivity contribution in [1.29, 1.82) is 0 Å². The average molecular weight is 236 g/mol. The zero-order chi connectivity index (χ0) is 12.7. The van der Waals surface area contributed by atoms with Crippen molar-refractivity contribution in [3.63, 3.8) is 0 Å². The highest BCUT2D eigenvalue weighted by atomic mass is 16.5. The molecule has 0 aliphatic heterocycles. The lowest BCUT2D eigenvalue weighted by Crippen LogP contribution is -2.32. The number of nitrogens with zero attached hydrogens (tertiary/aromatic N) is 2. The van der Waals surface area contributed by atoms with E-state index in [9.17, 15) is 4.79 Å². The molecule has 0 radical (unpaired) electrons. The number of hydrogen-bond acceptors (Lipinski definition) is 3. The van der Waals surface area contributed by atoms with Crippen LogP contribution in [0.25, 0.3) is 0 Å². The van der Waals surface area contributed by atoms with Crippen LogP contribution in [0.1, 0.15) is 37.0 Å². The maximum absolute atomic E-state index is 12.2. The van der Waals surface area contributed by atoms with Crippen molar-refractivity contribution >= 4 is 5.91 Å². The molecule has 4 nitrogen and oxygen atoms in total. The fourth-order valence-electron chi connectivity index (χ4n) is 1.66. The number of rotatable bonds is 6. The van der Waals surface area contributed by atoms with E-state index in [0.29, 0.717) is 11.4 Å². The molecule has 0 atom stereocenters. The second kappa shape index (κ2) is 6.89. The van der Waals surface area contributed by atoms with Gasteiger partial charge >= 0.3 is 0 Å². The summed E-state index contributed by atoms with van der Waals surface area (Å²) in [5.41, 5.74) is 0.618. The van der Waals surface area contributed by atoms with Gasteiger partial charge in [-0.05, 0) is 18.9 Å². The lowest BCUT2D eigenvalue weighted by Gasteiger charge is -2.21. The molecule has 0 spiro atoms. The number of hydrogen-bond donors (Lipinski definition) is 0. The minimum Gasteiger partial charge on any atom is -0.481 e. The van der Waals surface area contributed by atoms with E-state index in [0.717, 1.165) is 25.9 Å². The summed E-state index contributed by atoms with van der Waals surface area (Å²) >= 11 is 0. The van der Waals surface area contributed by atoms with Crippen molar-refractivity contribution in [1.82, 2.24) is 9.88 Å². The van der Waals surface area contributed by atoms with Gasteiger partial charge in [-0.25, -0.2) is 4.98 Å². The van der Waals surface area contributed by atoms with Crippen LogP contribution in [0.3, 0.4) is 0 Å². The fraction of sp³-hybridized carbons (Fsp3) is 0.538. The van der Waals surface area contributed by atoms with Crippen LogP contribution in [0.2, 0.25) is 0 Å². The minimum atomic E-state index is 0.0452. The van der Waals surface area contributed by atoms with Gasteiger partial charge in [-0.15, -0.1) is 0 Å². The van der Waals surface area contributed by atoms with E-state index in [1.54, 1.807) is 25.4 Å². The number of carbonyl (C=O) groups is 1. The van der Waals surface area contributed by atoms with Gasteiger partial charge < -0.3 is 9.64 Å². The molecule has 94 valence electrons. The van der Waals surface area contributed by atoms with Gasteiger partial charge in [-0.2, -0.15) is 0 Å². The van der Waals surface area contributed by atoms with Gasteiger partial charge in [0.1, 0.15) is 0 Å². The van der Waals surface area contributed by atoms with Crippen molar-refractivity contribution in [3.8, 4) is 5.88 Å². The number of aromatic nitrogens is 1. The van der Waals surface area contributed by atoms with E-state index in [1.165, 1.54) is 0 Å². The minimum absolute atomic E-state index is 0.0452. The van der Waals surface area contributed by atoms with E-state index in [2.05, 4.69) is 18.8 Å². The van der Waals surface area contributed by atoms with E-state index in [4.69, 9.17) is 4.74 Å². The number of amides is 1. The molecule has 1 aromatic heterocycles. The molecule has 0 saturated heterocycles. The van der Waals surface area contributed by atoms with Crippen molar-refractivity contribution in [2.45, 2.75) is 26.7 Å². The highest BCUT2D eigenvalue weighted by Crippen LogP contribution is 2.10. The molecule has 4 heteroatoms. The standard InChI is InChI=1S/C13H20N2O2/c1-4-8-15(9-5-2)13(16)11-6-7-12(17-3)14-10-11/h6-7,10H,4-5,8-9H2,1-3H3. The fourth-order valence-corrected chi connectivity index (χ4v) is 1.66. The van der Waals surface area contributed by atoms with Gasteiger partial charge in [-0.3, -0.25) is 4.79 Å². The molecule has 1 heterocycles. The average Bonchev–Trinajstić information content (AvgIpc) is 2.38. The third-order valence-electron chi connectivity index (χ3n) is 2.47. The third-order valence-corrected chi connectivity index (χ3v) is 2.47. The molecule has 0 aliphatic rings. The van der Waals surface area contributed by atoms with Crippen LogP contribution in [-0.2, 0) is 0 Å². The van der Waals surface area contributed by atoms with Crippen LogP contribution in [0.4, 0.5) is 0 Å². The van der Waals surface area contributed by atoms with Gasteiger partial charge in [0.25, 0.3) is 5.91 Å². The van der Waals surface area contributed by atoms with Crippen LogP contribution >= 0.6 is 0 Å². The lowest BCUT2D eigenvalue weighted by molar-refractivity contribution is 0.0755. The Labute approximate surface area is 103 Å². The molecule has 0 aliphatic carbocycles. The highest BCUT2D eigenvalue weighted by Gasteiger charge is 2.14. The Bertz CT molecular complexity index is 343. The van der Waals surface area contributed by atoms with Crippen LogP contribution in [0.15, 0.2) is 18.3 Å². The number of ether oxygens (including phenoxy) is 1. The summed E-state index contributed by atoms with van der Waals surface area (Å²) in [6.07, 6.45) is 3.50. The Kier molecular flexibility index (Phi) is 5.46. The second-order valence-electron chi connectivity index (χ2n) is 3.88. The quantitative estimate of drug-likeness (QED) is 0.761. The molecule has 0 fully saturated rings. The van der Waals surface area contributed by atoms with Gasteiger partial charge in [0, 0.05) is 25.4 Å². The molecule has 0 saturated carbocycles. The van der Waals surface area contributed by atoms with E-state index in [-0.39, 0.29) is 5.91 Å². The summed E-state index contributed by atoms with van der Waals surface area (Å²) in [5, 5.41) is 0. The van der Waals surface area contributed by atoms with Gasteiger partial charge in [0.05, 0.1) is 12.7 Å². The maximum atomic E-state index is 12.2. The highest BCUT2D eigenvalue weighted by molar-refractivity contribution is 5.93. The Morgan fingerprint density at radius 3 is 2.35 bits per heavy atom. The largest absolute Gasteiger partial charge is 0.481 e. The Morgan fingerprint density at radius 2 is 1.94 bits per heavy atom. The van der Waals surface area contributed by atoms with Gasteiger partial charge in [0.2, 0.25) is 5.88 Å². The molecule has 1 rings (SSSR count). The summed E-state index contributed by atoms with van der Waals surface area (Å²) in [6, 6.07) is 3.47. The van der Waals surface area contributed by atoms with E-state index in [1.807, 2.05) is 4.90 Å². The van der Waals surface area contributed by atoms with Gasteiger partial charge in [-0.1, -0.05) is 13.8 Å². The summed E-state index contributed by atoms with van der Waals surface area (Å²) in [7, 11) is 1.56. The normalized spacial score (nSPS) is 10.1. The number of pyridine rings is 1. The Morgan fingerprint density at radius 1 is 1.29 bits per heavy atom. The predicted octanol–water partition coefficient (Wildman–Crippen LogP) is 2.35. The van der Waals surface area contributed by atoms with Crippen molar-refractivity contribution in [2.75, 3.05) is 20.2 Å². The molecule has 0 unspecified atom stereocenters. The zero-order valence-corrected chi connectivity index (χ0v) is 10.8. The first-order valence-electron chi connectivity index (χ1n) is 6.02. The lowest BCUT2D eigenvalue weighted by atomic mass is 10.2. The maximum Gasteiger partial charge on any atom is 0.255 e. The third kappa shape index (κ3) is 3.73. The predicted molar refractivity (Wildman–Crippen MR) is 67.3 cm³/mol. The van der Waals surface area contributed by atoms with Crippen molar-refractivity contribution in [2.24, 2.45) is 0 Å². The number of methoxy groups -OCH3 is 1. The monoisotopic (exact) mass is 236 g/mol. The number of carbonyl (C=O) groups excluding carboxylic acids is 1. The summed E-state index contributed by atoms with van der Waals surface area (Å²) < 4.78 is 4.97. The molecule has 17 heavy (non-hydrogen) atoms. The molecule has 1 amide bonds. The van der Waals surface area contributed by atoms with Crippen LogP contribution < -0.4 is 4.74 Å². The topological polar surface area (TPSA) is 42.4 Å². The zero-order valence-electron chi connectivity index (χ0n) is 10.8. The van der Waals surface area contributed by atoms with Crippen LogP contribution in [0, 0.1) is 0 Å². The molecular weight excluding hydrogens is 216 g/mol. The van der Waals surface area contributed by atoms with Crippen LogP contribution in [0.5, 0.6) is 5.88 Å². The summed E-state index contributed by atoms with van der Waals surface area (Å²) in [5.74, 6) is 0.572. The molecule has 1 aromatic rings. The SMILES string of the molecule is CCCN(CCC)C(=O)c1ccc(OC)nc1. The summed E-state index contributed by atoms with van der Waals surface area (Å²) in [4.78, 5) is 18.1. The van der Waals surface area contributed by atoms with Crippen molar-refractivity contribution < 1.29 is 9.53 Å². The Hall–Kier alpha value is -1.58. The Balaban J connectivity index is 2.77. The first-order valence-corrected chi connectivity index (χ1v) is 6.02. The van der Waals surface area contributed by atoms with Gasteiger partial charge in [0.15, 0.2) is 0 Å². The molecule has 0 bridgehead atoms. The first-order chi connectivity index (χ1) is 8.22.